The second-order valence-electron chi connectivity index (χ2n) is 3.70. The molecule has 2 nitrogen and oxygen atoms in total. The Bertz CT molecular complexity index is 378. The number of hydrogen-bond donors (Lipinski definition) is 2. The van der Waals surface area contributed by atoms with Crippen LogP contribution < -0.4 is 5.73 Å². The maximum absolute atomic E-state index is 12.8. The van der Waals surface area contributed by atoms with Crippen molar-refractivity contribution < 1.29 is 22.7 Å². The van der Waals surface area contributed by atoms with E-state index in [2.05, 4.69) is 0 Å². The normalized spacial score (nSPS) is 13.8. The molecular formula is C11H13F4NO. The van der Waals surface area contributed by atoms with Crippen molar-refractivity contribution in [1.29, 1.82) is 0 Å². The van der Waals surface area contributed by atoms with Crippen LogP contribution in [-0.4, -0.2) is 11.7 Å². The quantitative estimate of drug-likeness (QED) is 0.808. The summed E-state index contributed by atoms with van der Waals surface area (Å²) >= 11 is 0. The summed E-state index contributed by atoms with van der Waals surface area (Å²) in [6.07, 6.45) is -4.12. The topological polar surface area (TPSA) is 46.2 Å². The lowest BCUT2D eigenvalue weighted by Gasteiger charge is -2.18. The molecule has 0 amide bonds. The van der Waals surface area contributed by atoms with E-state index in [0.717, 1.165) is 12.1 Å². The predicted octanol–water partition coefficient (Wildman–Crippen LogP) is 2.62. The van der Waals surface area contributed by atoms with Crippen molar-refractivity contribution in [3.63, 3.8) is 0 Å². The Hall–Kier alpha value is -1.14. The van der Waals surface area contributed by atoms with Gasteiger partial charge in [-0.05, 0) is 30.5 Å². The number of nitrogens with two attached hydrogens (primary N) is 1. The van der Waals surface area contributed by atoms with Crippen molar-refractivity contribution in [2.45, 2.75) is 25.1 Å². The van der Waals surface area contributed by atoms with Gasteiger partial charge in [-0.25, -0.2) is 4.39 Å². The van der Waals surface area contributed by atoms with E-state index in [4.69, 9.17) is 10.8 Å². The summed E-state index contributed by atoms with van der Waals surface area (Å²) < 4.78 is 50.7. The van der Waals surface area contributed by atoms with Crippen LogP contribution in [0.4, 0.5) is 17.6 Å². The number of hydrogen-bond acceptors (Lipinski definition) is 2. The molecule has 0 aliphatic heterocycles. The Kier molecular flexibility index (Phi) is 4.47. The molecule has 1 rings (SSSR count). The zero-order chi connectivity index (χ0) is 13.1. The van der Waals surface area contributed by atoms with E-state index in [-0.39, 0.29) is 18.6 Å². The van der Waals surface area contributed by atoms with Crippen LogP contribution in [0.2, 0.25) is 0 Å². The van der Waals surface area contributed by atoms with E-state index < -0.39 is 23.6 Å². The Labute approximate surface area is 96.1 Å². The van der Waals surface area contributed by atoms with Crippen LogP contribution in [0.15, 0.2) is 18.2 Å². The van der Waals surface area contributed by atoms with Crippen molar-refractivity contribution in [1.82, 2.24) is 0 Å². The van der Waals surface area contributed by atoms with Crippen LogP contribution in [-0.2, 0) is 6.18 Å². The highest BCUT2D eigenvalue weighted by atomic mass is 19.4. The predicted molar refractivity (Wildman–Crippen MR) is 54.7 cm³/mol. The monoisotopic (exact) mass is 251 g/mol. The van der Waals surface area contributed by atoms with Crippen molar-refractivity contribution in [2.24, 2.45) is 5.73 Å². The molecule has 6 heteroatoms. The van der Waals surface area contributed by atoms with Crippen LogP contribution in [0.3, 0.4) is 0 Å². The Morgan fingerprint density at radius 1 is 1.29 bits per heavy atom. The summed E-state index contributed by atoms with van der Waals surface area (Å²) in [5.41, 5.74) is 4.40. The minimum atomic E-state index is -4.63. The lowest BCUT2D eigenvalue weighted by atomic mass is 9.97. The van der Waals surface area contributed by atoms with Gasteiger partial charge in [0.2, 0.25) is 0 Å². The second kappa shape index (κ2) is 5.46. The van der Waals surface area contributed by atoms with Gasteiger partial charge in [-0.3, -0.25) is 0 Å². The molecule has 0 saturated heterocycles. The second-order valence-corrected chi connectivity index (χ2v) is 3.70. The molecule has 96 valence electrons. The minimum Gasteiger partial charge on any atom is -0.396 e. The molecule has 0 unspecified atom stereocenters. The summed E-state index contributed by atoms with van der Waals surface area (Å²) in [5, 5.41) is 8.60. The standard InChI is InChI=1S/C11H13F4NO/c12-7-3-4-8(10(16)2-1-5-17)9(6-7)11(13,14)15/h3-4,6,10,17H,1-2,5,16H2/t10-/m0/s1. The van der Waals surface area contributed by atoms with Crippen molar-refractivity contribution in [3.05, 3.63) is 35.1 Å². The molecule has 17 heavy (non-hydrogen) atoms. The van der Waals surface area contributed by atoms with E-state index in [1.54, 1.807) is 0 Å². The van der Waals surface area contributed by atoms with E-state index in [9.17, 15) is 17.6 Å². The van der Waals surface area contributed by atoms with Crippen molar-refractivity contribution in [3.8, 4) is 0 Å². The van der Waals surface area contributed by atoms with E-state index in [1.165, 1.54) is 0 Å². The summed E-state index contributed by atoms with van der Waals surface area (Å²) in [5.74, 6) is -0.949. The van der Waals surface area contributed by atoms with Gasteiger partial charge < -0.3 is 10.8 Å². The fraction of sp³-hybridized carbons (Fsp3) is 0.455. The highest BCUT2D eigenvalue weighted by Crippen LogP contribution is 2.35. The molecule has 3 N–H and O–H groups in total. The zero-order valence-electron chi connectivity index (χ0n) is 8.97. The van der Waals surface area contributed by atoms with Crippen LogP contribution in [0, 0.1) is 5.82 Å². The molecule has 0 aliphatic rings. The maximum Gasteiger partial charge on any atom is 0.416 e. The number of aliphatic hydroxyl groups is 1. The van der Waals surface area contributed by atoms with Gasteiger partial charge in [-0.1, -0.05) is 6.07 Å². The first kappa shape index (κ1) is 13.9. The average Bonchev–Trinajstić information content (AvgIpc) is 2.24. The van der Waals surface area contributed by atoms with Gasteiger partial charge in [0.15, 0.2) is 0 Å². The third-order valence-corrected chi connectivity index (χ3v) is 2.39. The summed E-state index contributed by atoms with van der Waals surface area (Å²) in [4.78, 5) is 0. The molecule has 0 radical (unpaired) electrons. The lowest BCUT2D eigenvalue weighted by Crippen LogP contribution is -2.18. The van der Waals surface area contributed by atoms with Gasteiger partial charge in [0, 0.05) is 12.6 Å². The van der Waals surface area contributed by atoms with E-state index in [0.29, 0.717) is 12.5 Å². The van der Waals surface area contributed by atoms with Gasteiger partial charge in [0.05, 0.1) is 5.56 Å². The van der Waals surface area contributed by atoms with Crippen LogP contribution >= 0.6 is 0 Å². The summed E-state index contributed by atoms with van der Waals surface area (Å²) in [6, 6.07) is 1.57. The third-order valence-electron chi connectivity index (χ3n) is 2.39. The lowest BCUT2D eigenvalue weighted by molar-refractivity contribution is -0.138. The first-order valence-electron chi connectivity index (χ1n) is 5.09. The molecule has 1 atom stereocenters. The van der Waals surface area contributed by atoms with Crippen molar-refractivity contribution >= 4 is 0 Å². The number of rotatable bonds is 4. The fourth-order valence-electron chi connectivity index (χ4n) is 1.56. The van der Waals surface area contributed by atoms with E-state index >= 15 is 0 Å². The first-order chi connectivity index (χ1) is 7.86. The van der Waals surface area contributed by atoms with E-state index in [1.807, 2.05) is 0 Å². The number of aliphatic hydroxyl groups excluding tert-OH is 1. The molecule has 0 heterocycles. The minimum absolute atomic E-state index is 0.143. The Morgan fingerprint density at radius 2 is 1.94 bits per heavy atom. The maximum atomic E-state index is 12.8. The number of benzene rings is 1. The van der Waals surface area contributed by atoms with Gasteiger partial charge in [-0.2, -0.15) is 13.2 Å². The van der Waals surface area contributed by atoms with Gasteiger partial charge >= 0.3 is 6.18 Å². The van der Waals surface area contributed by atoms with Crippen molar-refractivity contribution in [2.75, 3.05) is 6.61 Å². The SMILES string of the molecule is N[C@@H](CCCO)c1ccc(F)cc1C(F)(F)F. The summed E-state index contributed by atoms with van der Waals surface area (Å²) in [6.45, 7) is -0.143. The summed E-state index contributed by atoms with van der Waals surface area (Å²) in [7, 11) is 0. The molecule has 0 fully saturated rings. The average molecular weight is 251 g/mol. The smallest absolute Gasteiger partial charge is 0.396 e. The van der Waals surface area contributed by atoms with Crippen LogP contribution in [0.1, 0.15) is 30.0 Å². The van der Waals surface area contributed by atoms with Crippen LogP contribution in [0.5, 0.6) is 0 Å². The molecule has 1 aromatic rings. The Balaban J connectivity index is 3.06. The van der Waals surface area contributed by atoms with Gasteiger partial charge in [-0.15, -0.1) is 0 Å². The molecule has 1 aromatic carbocycles. The zero-order valence-corrected chi connectivity index (χ0v) is 8.97. The largest absolute Gasteiger partial charge is 0.416 e. The number of halogens is 4. The Morgan fingerprint density at radius 3 is 2.47 bits per heavy atom. The molecule has 0 aromatic heterocycles. The molecule has 0 spiro atoms. The first-order valence-corrected chi connectivity index (χ1v) is 5.09. The van der Waals surface area contributed by atoms with Gasteiger partial charge in [0.1, 0.15) is 5.82 Å². The molecular weight excluding hydrogens is 238 g/mol. The molecule has 0 aliphatic carbocycles. The highest BCUT2D eigenvalue weighted by Gasteiger charge is 2.34. The molecule has 0 saturated carbocycles. The molecule has 0 bridgehead atoms. The van der Waals surface area contributed by atoms with Crippen LogP contribution in [0.25, 0.3) is 0 Å². The highest BCUT2D eigenvalue weighted by molar-refractivity contribution is 5.32. The number of alkyl halides is 3. The van der Waals surface area contributed by atoms with Gasteiger partial charge in [0.25, 0.3) is 0 Å². The fourth-order valence-corrected chi connectivity index (χ4v) is 1.56. The third kappa shape index (κ3) is 3.67.